The van der Waals surface area contributed by atoms with Crippen LogP contribution in [0.5, 0.6) is 0 Å². The van der Waals surface area contributed by atoms with Crippen LogP contribution in [0.4, 0.5) is 4.32 Å². The lowest BCUT2D eigenvalue weighted by Crippen LogP contribution is -2.39. The summed E-state index contributed by atoms with van der Waals surface area (Å²) in [7, 11) is 10.1. The number of quaternary nitrogens is 2. The van der Waals surface area contributed by atoms with Crippen LogP contribution in [0.3, 0.4) is 0 Å². The lowest BCUT2D eigenvalue weighted by atomic mass is 10.3. The second-order valence-corrected chi connectivity index (χ2v) is 6.30. The third kappa shape index (κ3) is 56.8. The highest BCUT2D eigenvalue weighted by Gasteiger charge is 2.01. The number of halogens is 1. The van der Waals surface area contributed by atoms with Gasteiger partial charge in [0.1, 0.15) is 7.40 Å². The summed E-state index contributed by atoms with van der Waals surface area (Å²) < 4.78 is 12.1. The lowest BCUT2D eigenvalue weighted by Gasteiger charge is -2.22. The summed E-state index contributed by atoms with van der Waals surface area (Å²) in [6, 6.07) is 0. The van der Waals surface area contributed by atoms with Gasteiger partial charge in [-0.05, 0) is 12.8 Å². The summed E-state index contributed by atoms with van der Waals surface area (Å²) in [5, 5.41) is 16.6. The molecule has 0 saturated heterocycles. The summed E-state index contributed by atoms with van der Waals surface area (Å²) in [6.07, 6.45) is 2.56. The average Bonchev–Trinajstić information content (AvgIpc) is 1.97. The van der Waals surface area contributed by atoms with Gasteiger partial charge in [0.25, 0.3) is 0 Å². The number of hydrogen-bond donors (Lipinski definition) is 0. The Bertz CT molecular complexity index is 150. The molecule has 0 bridgehead atoms. The van der Waals surface area contributed by atoms with Gasteiger partial charge in [-0.15, -0.1) is 0 Å². The molecular weight excluding hydrogens is 234 g/mol. The topological polar surface area (TPSA) is 46.1 Å². The van der Waals surface area contributed by atoms with Gasteiger partial charge in [-0.2, -0.15) is 0 Å². The van der Waals surface area contributed by atoms with Gasteiger partial charge in [0.2, 0.25) is 0 Å². The highest BCUT2D eigenvalue weighted by atomic mass is 19.1. The zero-order valence-electron chi connectivity index (χ0n) is 13.5. The second-order valence-electron chi connectivity index (χ2n) is 6.30. The van der Waals surface area contributed by atoms with Crippen LogP contribution in [0.15, 0.2) is 0 Å². The molecule has 4 nitrogen and oxygen atoms in total. The van der Waals surface area contributed by atoms with E-state index in [1.165, 1.54) is 25.9 Å². The minimum Gasteiger partial charge on any atom is -0.867 e. The molecule has 0 aromatic rings. The Morgan fingerprint density at radius 3 is 0.944 bits per heavy atom. The van der Waals surface area contributed by atoms with Crippen molar-refractivity contribution < 1.29 is 23.3 Å². The summed E-state index contributed by atoms with van der Waals surface area (Å²) in [6.45, 7) is 6.98. The van der Waals surface area contributed by atoms with E-state index in [2.05, 4.69) is 56.1 Å². The molecule has 0 aromatic heterocycles. The Morgan fingerprint density at radius 2 is 0.944 bits per heavy atom. The molecule has 0 aliphatic rings. The summed E-state index contributed by atoms with van der Waals surface area (Å²) >= 11 is 0. The number of rotatable bonds is 4. The fraction of sp³-hybridized carbons (Fsp3) is 1.00. The van der Waals surface area contributed by atoms with Crippen molar-refractivity contribution in [1.29, 1.82) is 0 Å². The molecule has 0 rings (SSSR count). The Balaban J connectivity index is -0.000000196. The maximum atomic E-state index is 9.89. The first kappa shape index (κ1) is 23.0. The molecule has 18 heavy (non-hydrogen) atoms. The van der Waals surface area contributed by atoms with Crippen molar-refractivity contribution in [1.82, 2.24) is 0 Å². The second kappa shape index (κ2) is 11.9. The first-order chi connectivity index (χ1) is 7.85. The molecule has 0 atom stereocenters. The van der Waals surface area contributed by atoms with Gasteiger partial charge in [-0.3, -0.25) is 0 Å². The van der Waals surface area contributed by atoms with E-state index in [-0.39, 0.29) is 0 Å². The van der Waals surface area contributed by atoms with Crippen LogP contribution in [0.1, 0.15) is 26.7 Å². The van der Waals surface area contributed by atoms with Gasteiger partial charge in [-0.1, -0.05) is 13.8 Å². The van der Waals surface area contributed by atoms with E-state index in [9.17, 15) is 4.32 Å². The van der Waals surface area contributed by atoms with Crippen molar-refractivity contribution in [2.75, 3.05) is 55.4 Å². The van der Waals surface area contributed by atoms with Crippen molar-refractivity contribution in [3.05, 3.63) is 0 Å². The normalized spacial score (nSPS) is 10.8. The molecular formula is C12H32BFN2O2. The van der Waals surface area contributed by atoms with E-state index in [0.717, 1.165) is 8.97 Å². The molecule has 0 saturated carbocycles. The Morgan fingerprint density at radius 1 is 0.778 bits per heavy atom. The molecule has 0 N–H and O–H groups in total. The fourth-order valence-electron chi connectivity index (χ4n) is 1.34. The predicted molar refractivity (Wildman–Crippen MR) is 73.2 cm³/mol. The van der Waals surface area contributed by atoms with Gasteiger partial charge in [0.15, 0.2) is 0 Å². The van der Waals surface area contributed by atoms with Gasteiger partial charge >= 0.3 is 0 Å². The molecule has 0 aliphatic heterocycles. The van der Waals surface area contributed by atoms with E-state index in [1.807, 2.05) is 0 Å². The smallest absolute Gasteiger partial charge is 0.121 e. The van der Waals surface area contributed by atoms with Crippen LogP contribution in [0, 0.1) is 0 Å². The third-order valence-corrected chi connectivity index (χ3v) is 1.79. The first-order valence-corrected chi connectivity index (χ1v) is 6.42. The summed E-state index contributed by atoms with van der Waals surface area (Å²) in [5.74, 6) is 0. The highest BCUT2D eigenvalue weighted by molar-refractivity contribution is 6.27. The number of hydrogen-bond acceptors (Lipinski definition) is 2. The predicted octanol–water partition coefficient (Wildman–Crippen LogP) is -0.133. The quantitative estimate of drug-likeness (QED) is 0.525. The van der Waals surface area contributed by atoms with Gasteiger partial charge < -0.3 is 23.3 Å². The van der Waals surface area contributed by atoms with Crippen molar-refractivity contribution in [2.45, 2.75) is 26.7 Å². The first-order valence-electron chi connectivity index (χ1n) is 6.42. The van der Waals surface area contributed by atoms with Crippen molar-refractivity contribution >= 4 is 7.40 Å². The van der Waals surface area contributed by atoms with Crippen LogP contribution in [0.25, 0.3) is 0 Å². The van der Waals surface area contributed by atoms with Gasteiger partial charge in [0.05, 0.1) is 55.4 Å². The minimum absolute atomic E-state index is 1.09. The maximum absolute atomic E-state index is 9.89. The lowest BCUT2D eigenvalue weighted by molar-refractivity contribution is -0.870. The molecule has 0 aliphatic carbocycles. The molecule has 6 heteroatoms. The third-order valence-electron chi connectivity index (χ3n) is 1.79. The van der Waals surface area contributed by atoms with Crippen LogP contribution in [-0.2, 0) is 0 Å². The van der Waals surface area contributed by atoms with Crippen molar-refractivity contribution in [3.8, 4) is 0 Å². The largest absolute Gasteiger partial charge is 0.867 e. The molecule has 0 unspecified atom stereocenters. The van der Waals surface area contributed by atoms with E-state index >= 15 is 0 Å². The summed E-state index contributed by atoms with van der Waals surface area (Å²) in [4.78, 5) is 0. The Hall–Kier alpha value is -0.165. The zero-order valence-corrected chi connectivity index (χ0v) is 13.5. The summed E-state index contributed by atoms with van der Waals surface area (Å²) in [5.41, 5.74) is 0. The minimum atomic E-state index is -3.17. The maximum Gasteiger partial charge on any atom is 0.121 e. The van der Waals surface area contributed by atoms with Crippen molar-refractivity contribution in [3.63, 3.8) is 0 Å². The number of nitrogens with zero attached hydrogens (tertiary/aromatic N) is 2. The molecule has 0 spiro atoms. The zero-order chi connectivity index (χ0) is 15.4. The average molecular weight is 266 g/mol. The Kier molecular flexibility index (Phi) is 15.2. The van der Waals surface area contributed by atoms with Gasteiger partial charge in [-0.25, -0.2) is 0 Å². The van der Waals surface area contributed by atoms with Crippen LogP contribution < -0.4 is 10.0 Å². The van der Waals surface area contributed by atoms with Crippen LogP contribution >= 0.6 is 0 Å². The van der Waals surface area contributed by atoms with E-state index in [4.69, 9.17) is 10.0 Å². The van der Waals surface area contributed by atoms with E-state index < -0.39 is 7.40 Å². The molecule has 0 aromatic carbocycles. The monoisotopic (exact) mass is 266 g/mol. The SMILES string of the molecule is CCC[N+](C)(C)C.CCC[N+](C)(C)C.[O-]B([O-])F. The molecule has 0 heterocycles. The van der Waals surface area contributed by atoms with E-state index in [1.54, 1.807) is 0 Å². The van der Waals surface area contributed by atoms with E-state index in [0.29, 0.717) is 0 Å². The van der Waals surface area contributed by atoms with Gasteiger partial charge in [0, 0.05) is 0 Å². The highest BCUT2D eigenvalue weighted by Crippen LogP contribution is 1.90. The molecule has 112 valence electrons. The fourth-order valence-corrected chi connectivity index (χ4v) is 1.34. The van der Waals surface area contributed by atoms with Crippen LogP contribution in [0.2, 0.25) is 0 Å². The van der Waals surface area contributed by atoms with Crippen molar-refractivity contribution in [2.24, 2.45) is 0 Å². The molecule has 0 amide bonds. The Labute approximate surface area is 113 Å². The molecule has 0 radical (unpaired) electrons. The standard InChI is InChI=1S/2C6H16N.BFO2/c2*1-5-6-7(2,3)4;2-1(3)4/h2*5-6H2,1-4H3;/q2*+1;-2. The van der Waals surface area contributed by atoms with Crippen LogP contribution in [-0.4, -0.2) is 71.7 Å². The molecule has 0 fully saturated rings.